The average Bonchev–Trinajstić information content (AvgIpc) is 3.38. The molecule has 1 N–H and O–H groups in total. The van der Waals surface area contributed by atoms with Gasteiger partial charge in [-0.3, -0.25) is 9.59 Å². The molecule has 2 atom stereocenters. The fourth-order valence-electron chi connectivity index (χ4n) is 5.17. The number of ether oxygens (including phenoxy) is 1. The van der Waals surface area contributed by atoms with Crippen molar-refractivity contribution in [3.8, 4) is 0 Å². The highest BCUT2D eigenvalue weighted by Crippen LogP contribution is 2.40. The molecule has 1 saturated carbocycles. The van der Waals surface area contributed by atoms with Crippen LogP contribution in [-0.4, -0.2) is 63.9 Å². The van der Waals surface area contributed by atoms with Gasteiger partial charge in [0.1, 0.15) is 0 Å². The van der Waals surface area contributed by atoms with Crippen molar-refractivity contribution < 1.29 is 22.7 Å². The number of hydrogen-bond donors (Lipinski definition) is 1. The molecule has 8 nitrogen and oxygen atoms in total. The summed E-state index contributed by atoms with van der Waals surface area (Å²) >= 11 is 0. The Morgan fingerprint density at radius 3 is 2.28 bits per heavy atom. The van der Waals surface area contributed by atoms with Gasteiger partial charge in [0.15, 0.2) is 0 Å². The highest BCUT2D eigenvalue weighted by atomic mass is 32.2. The molecule has 3 fully saturated rings. The first-order chi connectivity index (χ1) is 15.3. The highest BCUT2D eigenvalue weighted by molar-refractivity contribution is 7.89. The van der Waals surface area contributed by atoms with Crippen LogP contribution in [0.25, 0.3) is 0 Å². The molecular weight excluding hydrogens is 430 g/mol. The minimum atomic E-state index is -3.60. The van der Waals surface area contributed by atoms with Gasteiger partial charge in [-0.15, -0.1) is 0 Å². The van der Waals surface area contributed by atoms with Crippen LogP contribution in [0.5, 0.6) is 0 Å². The largest absolute Gasteiger partial charge is 0.381 e. The van der Waals surface area contributed by atoms with Crippen molar-refractivity contribution in [1.29, 1.82) is 0 Å². The number of carbonyl (C=O) groups is 2. The molecular formula is C23H31N3O5S. The van der Waals surface area contributed by atoms with E-state index in [1.54, 1.807) is 40.5 Å². The van der Waals surface area contributed by atoms with Gasteiger partial charge in [-0.2, -0.15) is 4.31 Å². The third-order valence-electron chi connectivity index (χ3n) is 7.01. The predicted molar refractivity (Wildman–Crippen MR) is 120 cm³/mol. The van der Waals surface area contributed by atoms with Gasteiger partial charge in [-0.1, -0.05) is 6.58 Å². The smallest absolute Gasteiger partial charge is 0.243 e. The number of benzene rings is 1. The monoisotopic (exact) mass is 461 g/mol. The lowest BCUT2D eigenvalue weighted by molar-refractivity contribution is -0.124. The fourth-order valence-corrected chi connectivity index (χ4v) is 6.72. The second kappa shape index (κ2) is 9.33. The summed E-state index contributed by atoms with van der Waals surface area (Å²) in [6.07, 6.45) is 4.27. The van der Waals surface area contributed by atoms with Crippen LogP contribution in [0.2, 0.25) is 0 Å². The SMILES string of the molecule is C=CC(=O)NC1CC2CN(S(=O)(=O)c3ccc(N(C)C(=O)C4CCOCC4)cc3)CC2C1. The number of amides is 2. The summed E-state index contributed by atoms with van der Waals surface area (Å²) in [5.41, 5.74) is 0.680. The van der Waals surface area contributed by atoms with E-state index in [9.17, 15) is 18.0 Å². The maximum Gasteiger partial charge on any atom is 0.243 e. The van der Waals surface area contributed by atoms with Crippen molar-refractivity contribution in [2.24, 2.45) is 17.8 Å². The lowest BCUT2D eigenvalue weighted by Gasteiger charge is -2.27. The van der Waals surface area contributed by atoms with E-state index in [-0.39, 0.29) is 40.5 Å². The summed E-state index contributed by atoms with van der Waals surface area (Å²) in [5.74, 6) is 0.306. The number of anilines is 1. The molecule has 1 aliphatic carbocycles. The first kappa shape index (κ1) is 22.9. The van der Waals surface area contributed by atoms with Crippen LogP contribution in [0.4, 0.5) is 5.69 Å². The number of hydrogen-bond acceptors (Lipinski definition) is 5. The Morgan fingerprint density at radius 2 is 1.72 bits per heavy atom. The second-order valence-corrected chi connectivity index (χ2v) is 10.9. The number of sulfonamides is 1. The molecule has 4 rings (SSSR count). The molecule has 1 aromatic rings. The number of rotatable bonds is 6. The molecule has 0 bridgehead atoms. The lowest BCUT2D eigenvalue weighted by atomic mass is 9.98. The Balaban J connectivity index is 1.38. The van der Waals surface area contributed by atoms with Crippen molar-refractivity contribution in [3.05, 3.63) is 36.9 Å². The van der Waals surface area contributed by atoms with Crippen LogP contribution in [0.15, 0.2) is 41.8 Å². The van der Waals surface area contributed by atoms with E-state index in [1.807, 2.05) is 0 Å². The summed E-state index contributed by atoms with van der Waals surface area (Å²) in [7, 11) is -1.87. The number of nitrogens with zero attached hydrogens (tertiary/aromatic N) is 2. The van der Waals surface area contributed by atoms with E-state index in [4.69, 9.17) is 4.74 Å². The van der Waals surface area contributed by atoms with Gasteiger partial charge in [0.25, 0.3) is 0 Å². The standard InChI is InChI=1S/C23H31N3O5S/c1-3-22(27)24-19-12-17-14-26(15-18(17)13-19)32(29,30)21-6-4-20(5-7-21)25(2)23(28)16-8-10-31-11-9-16/h3-7,16-19H,1,8-15H2,2H3,(H,24,27). The Bertz CT molecular complexity index is 958. The molecule has 2 amide bonds. The predicted octanol–water partition coefficient (Wildman–Crippen LogP) is 1.78. The summed E-state index contributed by atoms with van der Waals surface area (Å²) in [6.45, 7) is 5.61. The van der Waals surface area contributed by atoms with Crippen LogP contribution in [0.1, 0.15) is 25.7 Å². The lowest BCUT2D eigenvalue weighted by Crippen LogP contribution is -2.36. The molecule has 2 unspecified atom stereocenters. The molecule has 174 valence electrons. The minimum Gasteiger partial charge on any atom is -0.381 e. The normalized spacial score (nSPS) is 26.5. The number of nitrogens with one attached hydrogen (secondary N) is 1. The van der Waals surface area contributed by atoms with Gasteiger partial charge in [0.2, 0.25) is 21.8 Å². The molecule has 9 heteroatoms. The van der Waals surface area contributed by atoms with Crippen molar-refractivity contribution >= 4 is 27.5 Å². The minimum absolute atomic E-state index is 0.0365. The maximum absolute atomic E-state index is 13.2. The summed E-state index contributed by atoms with van der Waals surface area (Å²) in [4.78, 5) is 26.1. The van der Waals surface area contributed by atoms with Crippen molar-refractivity contribution in [3.63, 3.8) is 0 Å². The highest BCUT2D eigenvalue weighted by Gasteiger charge is 2.45. The van der Waals surface area contributed by atoms with E-state index in [0.717, 1.165) is 12.8 Å². The zero-order valence-electron chi connectivity index (χ0n) is 18.4. The second-order valence-electron chi connectivity index (χ2n) is 9.00. The first-order valence-electron chi connectivity index (χ1n) is 11.2. The molecule has 3 aliphatic rings. The Labute approximate surface area is 189 Å². The van der Waals surface area contributed by atoms with Gasteiger partial charge in [0.05, 0.1) is 4.90 Å². The molecule has 1 aromatic carbocycles. The van der Waals surface area contributed by atoms with Crippen LogP contribution in [-0.2, 0) is 24.3 Å². The van der Waals surface area contributed by atoms with Crippen LogP contribution < -0.4 is 10.2 Å². The quantitative estimate of drug-likeness (QED) is 0.652. The average molecular weight is 462 g/mol. The Hall–Kier alpha value is -2.23. The summed E-state index contributed by atoms with van der Waals surface area (Å²) in [6, 6.07) is 6.65. The fraction of sp³-hybridized carbons (Fsp3) is 0.565. The molecule has 2 saturated heterocycles. The zero-order chi connectivity index (χ0) is 22.9. The summed E-state index contributed by atoms with van der Waals surface area (Å²) in [5, 5.41) is 2.93. The van der Waals surface area contributed by atoms with Gasteiger partial charge in [-0.05, 0) is 67.9 Å². The van der Waals surface area contributed by atoms with E-state index in [2.05, 4.69) is 11.9 Å². The topological polar surface area (TPSA) is 96.0 Å². The first-order valence-corrected chi connectivity index (χ1v) is 12.6. The van der Waals surface area contributed by atoms with Crippen LogP contribution in [0, 0.1) is 17.8 Å². The number of carbonyl (C=O) groups excluding carboxylic acids is 2. The zero-order valence-corrected chi connectivity index (χ0v) is 19.2. The molecule has 0 radical (unpaired) electrons. The molecule has 32 heavy (non-hydrogen) atoms. The molecule has 0 aromatic heterocycles. The van der Waals surface area contributed by atoms with Crippen molar-refractivity contribution in [2.45, 2.75) is 36.6 Å². The Morgan fingerprint density at radius 1 is 1.12 bits per heavy atom. The van der Waals surface area contributed by atoms with Gasteiger partial charge in [-0.25, -0.2) is 8.42 Å². The third kappa shape index (κ3) is 4.60. The van der Waals surface area contributed by atoms with E-state index in [0.29, 0.717) is 44.8 Å². The van der Waals surface area contributed by atoms with E-state index >= 15 is 0 Å². The van der Waals surface area contributed by atoms with Crippen molar-refractivity contribution in [2.75, 3.05) is 38.3 Å². The number of fused-ring (bicyclic) bond motifs is 1. The van der Waals surface area contributed by atoms with Gasteiger partial charge < -0.3 is 15.0 Å². The van der Waals surface area contributed by atoms with Crippen LogP contribution in [0.3, 0.4) is 0 Å². The molecule has 2 heterocycles. The third-order valence-corrected chi connectivity index (χ3v) is 8.86. The summed E-state index contributed by atoms with van der Waals surface area (Å²) < 4.78 is 33.2. The van der Waals surface area contributed by atoms with Crippen LogP contribution >= 0.6 is 0 Å². The van der Waals surface area contributed by atoms with Gasteiger partial charge >= 0.3 is 0 Å². The Kier molecular flexibility index (Phi) is 6.69. The van der Waals surface area contributed by atoms with Crippen molar-refractivity contribution in [1.82, 2.24) is 9.62 Å². The maximum atomic E-state index is 13.2. The molecule has 2 aliphatic heterocycles. The van der Waals surface area contributed by atoms with E-state index < -0.39 is 10.0 Å². The van der Waals surface area contributed by atoms with Gasteiger partial charge in [0, 0.05) is 51.0 Å². The molecule has 0 spiro atoms. The van der Waals surface area contributed by atoms with E-state index in [1.165, 1.54) is 6.08 Å².